The summed E-state index contributed by atoms with van der Waals surface area (Å²) in [4.78, 5) is 16.8. The Hall–Kier alpha value is -1.64. The lowest BCUT2D eigenvalue weighted by Gasteiger charge is -2.37. The molecule has 8 heteroatoms. The summed E-state index contributed by atoms with van der Waals surface area (Å²) < 4.78 is 26.8. The number of piperazine rings is 1. The molecule has 2 fully saturated rings. The van der Waals surface area contributed by atoms with Gasteiger partial charge >= 0.3 is 0 Å². The number of nitrogens with two attached hydrogens (primary N) is 1. The van der Waals surface area contributed by atoms with Crippen molar-refractivity contribution in [3.05, 3.63) is 24.3 Å². The number of benzene rings is 1. The van der Waals surface area contributed by atoms with Gasteiger partial charge in [0.25, 0.3) is 0 Å². The van der Waals surface area contributed by atoms with Crippen LogP contribution >= 0.6 is 0 Å². The second-order valence-corrected chi connectivity index (χ2v) is 8.61. The third-order valence-corrected chi connectivity index (χ3v) is 6.64. The van der Waals surface area contributed by atoms with Crippen molar-refractivity contribution in [1.29, 1.82) is 0 Å². The Labute approximate surface area is 149 Å². The Morgan fingerprint density at radius 2 is 1.84 bits per heavy atom. The first-order valence-electron chi connectivity index (χ1n) is 8.74. The van der Waals surface area contributed by atoms with E-state index in [2.05, 4.69) is 4.72 Å². The number of anilines is 1. The molecular weight excluding hydrogens is 340 g/mol. The fraction of sp³-hybridized carbons (Fsp3) is 0.588. The Bertz CT molecular complexity index is 729. The molecule has 1 heterocycles. The van der Waals surface area contributed by atoms with Gasteiger partial charge in [-0.15, -0.1) is 0 Å². The lowest BCUT2D eigenvalue weighted by molar-refractivity contribution is -0.135. The zero-order chi connectivity index (χ0) is 18.0. The van der Waals surface area contributed by atoms with Gasteiger partial charge < -0.3 is 15.5 Å². The molecule has 1 aromatic rings. The minimum atomic E-state index is -3.51. The Morgan fingerprint density at radius 3 is 2.44 bits per heavy atom. The molecule has 1 aromatic carbocycles. The highest BCUT2D eigenvalue weighted by molar-refractivity contribution is 7.89. The maximum absolute atomic E-state index is 12.6. The van der Waals surface area contributed by atoms with Gasteiger partial charge in [-0.1, -0.05) is 12.1 Å². The van der Waals surface area contributed by atoms with Gasteiger partial charge in [-0.3, -0.25) is 4.79 Å². The van der Waals surface area contributed by atoms with Gasteiger partial charge in [-0.25, -0.2) is 13.1 Å². The van der Waals surface area contributed by atoms with Crippen molar-refractivity contribution in [3.63, 3.8) is 0 Å². The number of hydrogen-bond donors (Lipinski definition) is 2. The highest BCUT2D eigenvalue weighted by Gasteiger charge is 2.33. The molecular formula is C17H26N4O3S. The van der Waals surface area contributed by atoms with Crippen LogP contribution < -0.4 is 15.4 Å². The monoisotopic (exact) mass is 366 g/mol. The molecule has 1 saturated heterocycles. The molecule has 0 spiro atoms. The molecule has 1 amide bonds. The summed E-state index contributed by atoms with van der Waals surface area (Å²) in [6.07, 6.45) is 2.58. The molecule has 0 unspecified atom stereocenters. The van der Waals surface area contributed by atoms with Crippen LogP contribution in [-0.2, 0) is 14.8 Å². The van der Waals surface area contributed by atoms with Crippen LogP contribution in [0.2, 0.25) is 0 Å². The minimum absolute atomic E-state index is 0.0542. The second kappa shape index (κ2) is 7.31. The zero-order valence-electron chi connectivity index (χ0n) is 14.5. The predicted molar refractivity (Wildman–Crippen MR) is 96.8 cm³/mol. The Balaban J connectivity index is 1.68. The minimum Gasteiger partial charge on any atom is -0.367 e. The predicted octanol–water partition coefficient (Wildman–Crippen LogP) is 0.371. The molecule has 0 bridgehead atoms. The summed E-state index contributed by atoms with van der Waals surface area (Å²) in [7, 11) is -2.10. The number of nitrogens with zero attached hydrogens (tertiary/aromatic N) is 2. The summed E-state index contributed by atoms with van der Waals surface area (Å²) in [5, 5.41) is 0. The number of carbonyl (C=O) groups is 1. The summed E-state index contributed by atoms with van der Waals surface area (Å²) in [5.74, 6) is 0.252. The summed E-state index contributed by atoms with van der Waals surface area (Å²) in [6.45, 7) is 2.47. The first-order chi connectivity index (χ1) is 11.9. The first kappa shape index (κ1) is 18.2. The molecule has 138 valence electrons. The fourth-order valence-corrected chi connectivity index (χ4v) is 4.67. The lowest BCUT2D eigenvalue weighted by Crippen LogP contribution is -2.50. The smallest absolute Gasteiger partial charge is 0.242 e. The molecule has 0 radical (unpaired) electrons. The normalized spacial score (nSPS) is 24.6. The van der Waals surface area contributed by atoms with Crippen LogP contribution in [0.5, 0.6) is 0 Å². The average molecular weight is 366 g/mol. The van der Waals surface area contributed by atoms with Crippen molar-refractivity contribution in [2.24, 2.45) is 11.7 Å². The van der Waals surface area contributed by atoms with Crippen LogP contribution in [0.3, 0.4) is 0 Å². The largest absolute Gasteiger partial charge is 0.367 e. The molecule has 1 aliphatic carbocycles. The van der Waals surface area contributed by atoms with E-state index in [1.807, 2.05) is 21.9 Å². The summed E-state index contributed by atoms with van der Waals surface area (Å²) in [5.41, 5.74) is 6.61. The molecule has 3 rings (SSSR count). The number of sulfonamides is 1. The lowest BCUT2D eigenvalue weighted by atomic mass is 10.1. The molecule has 25 heavy (non-hydrogen) atoms. The zero-order valence-corrected chi connectivity index (χ0v) is 15.3. The third kappa shape index (κ3) is 3.80. The van der Waals surface area contributed by atoms with Gasteiger partial charge in [-0.05, 0) is 38.4 Å². The van der Waals surface area contributed by atoms with Crippen LogP contribution in [0.15, 0.2) is 29.2 Å². The average Bonchev–Trinajstić information content (AvgIpc) is 3.07. The standard InChI is InChI=1S/C17H26N4O3S/c1-19-25(23,24)16-5-3-2-4-15(16)20-8-10-21(11-9-20)17(22)13-6-7-14(18)12-13/h2-5,13-14,19H,6-12,18H2,1H3/t13-,14+/m0/s1. The van der Waals surface area contributed by atoms with E-state index in [1.54, 1.807) is 12.1 Å². The van der Waals surface area contributed by atoms with E-state index in [9.17, 15) is 13.2 Å². The van der Waals surface area contributed by atoms with Crippen LogP contribution in [-0.4, -0.2) is 58.5 Å². The maximum atomic E-state index is 12.6. The van der Waals surface area contributed by atoms with E-state index in [0.29, 0.717) is 31.9 Å². The molecule has 1 aliphatic heterocycles. The van der Waals surface area contributed by atoms with E-state index in [-0.39, 0.29) is 22.8 Å². The molecule has 7 nitrogen and oxygen atoms in total. The van der Waals surface area contributed by atoms with Crippen molar-refractivity contribution < 1.29 is 13.2 Å². The Morgan fingerprint density at radius 1 is 1.16 bits per heavy atom. The highest BCUT2D eigenvalue weighted by atomic mass is 32.2. The van der Waals surface area contributed by atoms with Crippen LogP contribution in [0.1, 0.15) is 19.3 Å². The van der Waals surface area contributed by atoms with E-state index in [1.165, 1.54) is 7.05 Å². The molecule has 3 N–H and O–H groups in total. The maximum Gasteiger partial charge on any atom is 0.242 e. The highest BCUT2D eigenvalue weighted by Crippen LogP contribution is 2.28. The van der Waals surface area contributed by atoms with Gasteiger partial charge in [0.15, 0.2) is 0 Å². The van der Waals surface area contributed by atoms with Gasteiger partial charge in [-0.2, -0.15) is 0 Å². The fourth-order valence-electron chi connectivity index (χ4n) is 3.72. The number of amides is 1. The molecule has 2 aliphatic rings. The number of carbonyl (C=O) groups excluding carboxylic acids is 1. The first-order valence-corrected chi connectivity index (χ1v) is 10.2. The van der Waals surface area contributed by atoms with E-state index in [4.69, 9.17) is 5.73 Å². The third-order valence-electron chi connectivity index (χ3n) is 5.18. The van der Waals surface area contributed by atoms with Crippen LogP contribution in [0.25, 0.3) is 0 Å². The number of para-hydroxylation sites is 1. The van der Waals surface area contributed by atoms with Gasteiger partial charge in [0.05, 0.1) is 5.69 Å². The van der Waals surface area contributed by atoms with Crippen molar-refractivity contribution in [1.82, 2.24) is 9.62 Å². The Kier molecular flexibility index (Phi) is 5.31. The molecule has 1 saturated carbocycles. The van der Waals surface area contributed by atoms with Gasteiger partial charge in [0.2, 0.25) is 15.9 Å². The quantitative estimate of drug-likeness (QED) is 0.803. The topological polar surface area (TPSA) is 95.7 Å². The number of hydrogen-bond acceptors (Lipinski definition) is 5. The number of rotatable bonds is 4. The van der Waals surface area contributed by atoms with E-state index in [0.717, 1.165) is 19.3 Å². The SMILES string of the molecule is CNS(=O)(=O)c1ccccc1N1CCN(C(=O)[C@H]2CC[C@@H](N)C2)CC1. The molecule has 2 atom stereocenters. The van der Waals surface area contributed by atoms with Crippen molar-refractivity contribution in [3.8, 4) is 0 Å². The van der Waals surface area contributed by atoms with Crippen LogP contribution in [0, 0.1) is 5.92 Å². The van der Waals surface area contributed by atoms with E-state index >= 15 is 0 Å². The molecule has 0 aromatic heterocycles. The van der Waals surface area contributed by atoms with Crippen molar-refractivity contribution in [2.45, 2.75) is 30.2 Å². The van der Waals surface area contributed by atoms with E-state index < -0.39 is 10.0 Å². The van der Waals surface area contributed by atoms with Gasteiger partial charge in [0.1, 0.15) is 4.90 Å². The summed E-state index contributed by atoms with van der Waals surface area (Å²) in [6, 6.07) is 7.13. The van der Waals surface area contributed by atoms with Crippen molar-refractivity contribution in [2.75, 3.05) is 38.1 Å². The summed E-state index contributed by atoms with van der Waals surface area (Å²) >= 11 is 0. The van der Waals surface area contributed by atoms with Crippen LogP contribution in [0.4, 0.5) is 5.69 Å². The van der Waals surface area contributed by atoms with Crippen molar-refractivity contribution >= 4 is 21.6 Å². The van der Waals surface area contributed by atoms with Gasteiger partial charge in [0, 0.05) is 38.1 Å². The number of nitrogens with one attached hydrogen (secondary N) is 1. The second-order valence-electron chi connectivity index (χ2n) is 6.76.